The van der Waals surface area contributed by atoms with Gasteiger partial charge >= 0.3 is 5.97 Å². The van der Waals surface area contributed by atoms with Crippen molar-refractivity contribution in [2.24, 2.45) is 0 Å². The second kappa shape index (κ2) is 7.58. The van der Waals surface area contributed by atoms with E-state index in [-0.39, 0.29) is 5.56 Å². The molecule has 1 rings (SSSR count). The zero-order valence-electron chi connectivity index (χ0n) is 10.9. The maximum absolute atomic E-state index is 11.1. The lowest BCUT2D eigenvalue weighted by Crippen LogP contribution is -2.05. The smallest absolute Gasteiger partial charge is 0.339 e. The first-order chi connectivity index (χ1) is 8.69. The summed E-state index contributed by atoms with van der Waals surface area (Å²) in [4.78, 5) is 11.1. The molecule has 0 saturated heterocycles. The quantitative estimate of drug-likeness (QED) is 0.721. The van der Waals surface area contributed by atoms with Gasteiger partial charge < -0.3 is 14.6 Å². The van der Waals surface area contributed by atoms with Gasteiger partial charge in [0.2, 0.25) is 0 Å². The highest BCUT2D eigenvalue weighted by Crippen LogP contribution is 2.24. The highest BCUT2D eigenvalue weighted by Gasteiger charge is 2.12. The van der Waals surface area contributed by atoms with Gasteiger partial charge in [0, 0.05) is 0 Å². The van der Waals surface area contributed by atoms with E-state index in [1.807, 2.05) is 0 Å². The molecule has 18 heavy (non-hydrogen) atoms. The zero-order chi connectivity index (χ0) is 13.4. The number of carboxylic acids is 1. The standard InChI is InChI=1S/C14H20O4/c1-3-4-5-6-9-18-13-8-7-11(17-2)10-12(13)14(15)16/h7-8,10H,3-6,9H2,1-2H3,(H,15,16). The van der Waals surface area contributed by atoms with Gasteiger partial charge in [0.25, 0.3) is 0 Å². The highest BCUT2D eigenvalue weighted by atomic mass is 16.5. The van der Waals surface area contributed by atoms with E-state index in [0.717, 1.165) is 12.8 Å². The maximum atomic E-state index is 11.1. The summed E-state index contributed by atoms with van der Waals surface area (Å²) in [5.41, 5.74) is 0.143. The van der Waals surface area contributed by atoms with E-state index in [1.165, 1.54) is 26.0 Å². The Kier molecular flexibility index (Phi) is 6.05. The number of methoxy groups -OCH3 is 1. The predicted molar refractivity (Wildman–Crippen MR) is 69.6 cm³/mol. The molecular formula is C14H20O4. The van der Waals surface area contributed by atoms with Gasteiger partial charge in [-0.05, 0) is 24.6 Å². The van der Waals surface area contributed by atoms with Crippen molar-refractivity contribution < 1.29 is 19.4 Å². The van der Waals surface area contributed by atoms with Crippen LogP contribution in [0.2, 0.25) is 0 Å². The highest BCUT2D eigenvalue weighted by molar-refractivity contribution is 5.91. The number of carbonyl (C=O) groups is 1. The second-order valence-corrected chi connectivity index (χ2v) is 4.08. The molecule has 0 saturated carbocycles. The maximum Gasteiger partial charge on any atom is 0.339 e. The van der Waals surface area contributed by atoms with Gasteiger partial charge in [-0.15, -0.1) is 0 Å². The molecule has 1 aromatic rings. The van der Waals surface area contributed by atoms with Crippen molar-refractivity contribution in [2.75, 3.05) is 13.7 Å². The summed E-state index contributed by atoms with van der Waals surface area (Å²) >= 11 is 0. The third-order valence-corrected chi connectivity index (χ3v) is 2.67. The van der Waals surface area contributed by atoms with Crippen LogP contribution < -0.4 is 9.47 Å². The number of carboxylic acid groups (broad SMARTS) is 1. The molecule has 0 fully saturated rings. The Morgan fingerprint density at radius 2 is 2.06 bits per heavy atom. The number of hydrogen-bond acceptors (Lipinski definition) is 3. The van der Waals surface area contributed by atoms with E-state index in [4.69, 9.17) is 14.6 Å². The van der Waals surface area contributed by atoms with Crippen LogP contribution in [0.15, 0.2) is 18.2 Å². The van der Waals surface area contributed by atoms with Gasteiger partial charge in [0.1, 0.15) is 17.1 Å². The van der Waals surface area contributed by atoms with Crippen molar-refractivity contribution in [2.45, 2.75) is 32.6 Å². The lowest BCUT2D eigenvalue weighted by Gasteiger charge is -2.10. The van der Waals surface area contributed by atoms with Crippen LogP contribution in [0.1, 0.15) is 43.0 Å². The first kappa shape index (κ1) is 14.4. The lowest BCUT2D eigenvalue weighted by molar-refractivity contribution is 0.0691. The van der Waals surface area contributed by atoms with Crippen molar-refractivity contribution in [3.8, 4) is 11.5 Å². The molecule has 4 heteroatoms. The Morgan fingerprint density at radius 3 is 2.67 bits per heavy atom. The monoisotopic (exact) mass is 252 g/mol. The van der Waals surface area contributed by atoms with Crippen LogP contribution in [0, 0.1) is 0 Å². The minimum atomic E-state index is -1.00. The average molecular weight is 252 g/mol. The van der Waals surface area contributed by atoms with Gasteiger partial charge in [-0.2, -0.15) is 0 Å². The lowest BCUT2D eigenvalue weighted by atomic mass is 10.2. The largest absolute Gasteiger partial charge is 0.497 e. The van der Waals surface area contributed by atoms with Gasteiger partial charge in [0.15, 0.2) is 0 Å². The average Bonchev–Trinajstić information content (AvgIpc) is 2.38. The minimum absolute atomic E-state index is 0.143. The summed E-state index contributed by atoms with van der Waals surface area (Å²) in [6.07, 6.45) is 4.40. The van der Waals surface area contributed by atoms with Crippen LogP contribution >= 0.6 is 0 Å². The van der Waals surface area contributed by atoms with Gasteiger partial charge in [-0.3, -0.25) is 0 Å². The molecule has 0 spiro atoms. The Balaban J connectivity index is 2.61. The number of unbranched alkanes of at least 4 members (excludes halogenated alkanes) is 3. The zero-order valence-corrected chi connectivity index (χ0v) is 10.9. The molecule has 0 aromatic heterocycles. The van der Waals surface area contributed by atoms with Gasteiger partial charge in [-0.25, -0.2) is 4.79 Å². The third kappa shape index (κ3) is 4.28. The Morgan fingerprint density at radius 1 is 1.28 bits per heavy atom. The minimum Gasteiger partial charge on any atom is -0.497 e. The molecule has 0 aliphatic rings. The molecule has 0 amide bonds. The summed E-state index contributed by atoms with van der Waals surface area (Å²) < 4.78 is 10.5. The molecule has 1 N–H and O–H groups in total. The fourth-order valence-electron chi connectivity index (χ4n) is 1.64. The van der Waals surface area contributed by atoms with E-state index >= 15 is 0 Å². The van der Waals surface area contributed by atoms with Crippen molar-refractivity contribution in [3.63, 3.8) is 0 Å². The van der Waals surface area contributed by atoms with Crippen LogP contribution in [0.5, 0.6) is 11.5 Å². The molecule has 0 atom stereocenters. The normalized spacial score (nSPS) is 10.1. The molecule has 0 heterocycles. The number of hydrogen-bond donors (Lipinski definition) is 1. The van der Waals surface area contributed by atoms with E-state index in [0.29, 0.717) is 18.1 Å². The molecule has 4 nitrogen and oxygen atoms in total. The molecule has 1 aromatic carbocycles. The predicted octanol–water partition coefficient (Wildman–Crippen LogP) is 3.35. The molecule has 100 valence electrons. The van der Waals surface area contributed by atoms with E-state index in [1.54, 1.807) is 12.1 Å². The van der Waals surface area contributed by atoms with Crippen LogP contribution in [0.3, 0.4) is 0 Å². The summed E-state index contributed by atoms with van der Waals surface area (Å²) in [5, 5.41) is 9.09. The first-order valence-corrected chi connectivity index (χ1v) is 6.23. The molecule has 0 radical (unpaired) electrons. The van der Waals surface area contributed by atoms with Crippen LogP contribution in [0.4, 0.5) is 0 Å². The number of rotatable bonds is 8. The number of benzene rings is 1. The molecule has 0 bridgehead atoms. The van der Waals surface area contributed by atoms with Crippen molar-refractivity contribution in [1.29, 1.82) is 0 Å². The number of ether oxygens (including phenoxy) is 2. The summed E-state index contributed by atoms with van der Waals surface area (Å²) in [5.74, 6) is -0.0806. The second-order valence-electron chi connectivity index (χ2n) is 4.08. The summed E-state index contributed by atoms with van der Waals surface area (Å²) in [7, 11) is 1.51. The van der Waals surface area contributed by atoms with Gasteiger partial charge in [0.05, 0.1) is 13.7 Å². The summed E-state index contributed by atoms with van der Waals surface area (Å²) in [6.45, 7) is 2.69. The van der Waals surface area contributed by atoms with Crippen molar-refractivity contribution in [3.05, 3.63) is 23.8 Å². The summed E-state index contributed by atoms with van der Waals surface area (Å²) in [6, 6.07) is 4.82. The number of aromatic carboxylic acids is 1. The van der Waals surface area contributed by atoms with Crippen LogP contribution in [-0.2, 0) is 0 Å². The van der Waals surface area contributed by atoms with Crippen LogP contribution in [-0.4, -0.2) is 24.8 Å². The Bertz CT molecular complexity index is 387. The topological polar surface area (TPSA) is 55.8 Å². The van der Waals surface area contributed by atoms with Crippen LogP contribution in [0.25, 0.3) is 0 Å². The van der Waals surface area contributed by atoms with E-state index < -0.39 is 5.97 Å². The SMILES string of the molecule is CCCCCCOc1ccc(OC)cc1C(=O)O. The fraction of sp³-hybridized carbons (Fsp3) is 0.500. The Hall–Kier alpha value is -1.71. The first-order valence-electron chi connectivity index (χ1n) is 6.23. The van der Waals surface area contributed by atoms with E-state index in [9.17, 15) is 4.79 Å². The molecule has 0 unspecified atom stereocenters. The molecule has 0 aliphatic heterocycles. The fourth-order valence-corrected chi connectivity index (χ4v) is 1.64. The molecule has 0 aliphatic carbocycles. The Labute approximate surface area is 108 Å². The third-order valence-electron chi connectivity index (χ3n) is 2.67. The van der Waals surface area contributed by atoms with Crippen molar-refractivity contribution >= 4 is 5.97 Å². The van der Waals surface area contributed by atoms with E-state index in [2.05, 4.69) is 6.92 Å². The van der Waals surface area contributed by atoms with Gasteiger partial charge in [-0.1, -0.05) is 26.2 Å². The molecular weight excluding hydrogens is 232 g/mol. The van der Waals surface area contributed by atoms with Crippen molar-refractivity contribution in [1.82, 2.24) is 0 Å².